The summed E-state index contributed by atoms with van der Waals surface area (Å²) in [5.74, 6) is 0. The van der Waals surface area contributed by atoms with E-state index in [0.717, 1.165) is 19.5 Å². The van der Waals surface area contributed by atoms with Crippen molar-refractivity contribution in [2.24, 2.45) is 0 Å². The summed E-state index contributed by atoms with van der Waals surface area (Å²) in [7, 11) is 2.04. The van der Waals surface area contributed by atoms with E-state index in [2.05, 4.69) is 64.3 Å². The molecular formula is C15H25BrN2. The van der Waals surface area contributed by atoms with Crippen molar-refractivity contribution in [1.29, 1.82) is 0 Å². The van der Waals surface area contributed by atoms with E-state index in [1.165, 1.54) is 23.0 Å². The van der Waals surface area contributed by atoms with E-state index < -0.39 is 0 Å². The van der Waals surface area contributed by atoms with Crippen molar-refractivity contribution in [2.45, 2.75) is 32.7 Å². The van der Waals surface area contributed by atoms with Crippen LogP contribution < -0.4 is 5.32 Å². The van der Waals surface area contributed by atoms with Crippen LogP contribution in [0.25, 0.3) is 0 Å². The molecule has 1 N–H and O–H groups in total. The molecule has 0 saturated heterocycles. The quantitative estimate of drug-likeness (QED) is 0.784. The van der Waals surface area contributed by atoms with Gasteiger partial charge < -0.3 is 10.2 Å². The van der Waals surface area contributed by atoms with Crippen molar-refractivity contribution >= 4 is 15.9 Å². The number of hydrogen-bond donors (Lipinski definition) is 1. The second kappa shape index (κ2) is 8.68. The van der Waals surface area contributed by atoms with E-state index in [1.807, 2.05) is 7.05 Å². The highest BCUT2D eigenvalue weighted by Gasteiger charge is 2.13. The van der Waals surface area contributed by atoms with E-state index >= 15 is 0 Å². The summed E-state index contributed by atoms with van der Waals surface area (Å²) in [5, 5.41) is 3.42. The van der Waals surface area contributed by atoms with Crippen molar-refractivity contribution in [2.75, 3.05) is 26.7 Å². The molecule has 0 saturated carbocycles. The first-order valence-corrected chi connectivity index (χ1v) is 7.66. The topological polar surface area (TPSA) is 15.3 Å². The molecule has 102 valence electrons. The Bertz CT molecular complexity index is 341. The minimum absolute atomic E-state index is 0.423. The molecule has 0 heterocycles. The van der Waals surface area contributed by atoms with Gasteiger partial charge in [-0.15, -0.1) is 0 Å². The molecule has 0 bridgehead atoms. The standard InChI is InChI=1S/C15H25BrN2/c1-4-11-18(5-2)12-10-15(17-3)13-8-6-7-9-14(13)16/h6-9,15,17H,4-5,10-12H2,1-3H3. The second-order valence-corrected chi connectivity index (χ2v) is 5.44. The Balaban J connectivity index is 2.60. The Hall–Kier alpha value is -0.380. The normalized spacial score (nSPS) is 12.9. The van der Waals surface area contributed by atoms with Crippen LogP contribution in [0.2, 0.25) is 0 Å². The average molecular weight is 313 g/mol. The SMILES string of the molecule is CCCN(CC)CCC(NC)c1ccccc1Br. The van der Waals surface area contributed by atoms with Crippen LogP contribution in [-0.2, 0) is 0 Å². The second-order valence-electron chi connectivity index (χ2n) is 4.59. The summed E-state index contributed by atoms with van der Waals surface area (Å²) >= 11 is 3.64. The van der Waals surface area contributed by atoms with Crippen LogP contribution >= 0.6 is 15.9 Å². The van der Waals surface area contributed by atoms with Crippen molar-refractivity contribution in [3.8, 4) is 0 Å². The number of nitrogens with zero attached hydrogens (tertiary/aromatic N) is 1. The molecule has 0 radical (unpaired) electrons. The Morgan fingerprint density at radius 2 is 1.94 bits per heavy atom. The molecule has 0 aromatic heterocycles. The molecular weight excluding hydrogens is 288 g/mol. The molecule has 1 aromatic carbocycles. The summed E-state index contributed by atoms with van der Waals surface area (Å²) in [5.41, 5.74) is 1.35. The summed E-state index contributed by atoms with van der Waals surface area (Å²) in [6.07, 6.45) is 2.38. The molecule has 0 aliphatic carbocycles. The maximum absolute atomic E-state index is 3.64. The van der Waals surface area contributed by atoms with Gasteiger partial charge in [0.05, 0.1) is 0 Å². The lowest BCUT2D eigenvalue weighted by Gasteiger charge is -2.24. The monoisotopic (exact) mass is 312 g/mol. The van der Waals surface area contributed by atoms with Gasteiger partial charge >= 0.3 is 0 Å². The first kappa shape index (κ1) is 15.7. The third kappa shape index (κ3) is 4.71. The van der Waals surface area contributed by atoms with E-state index in [4.69, 9.17) is 0 Å². The fourth-order valence-corrected chi connectivity index (χ4v) is 2.83. The zero-order valence-corrected chi connectivity index (χ0v) is 13.3. The van der Waals surface area contributed by atoms with Crippen molar-refractivity contribution in [3.63, 3.8) is 0 Å². The fraction of sp³-hybridized carbons (Fsp3) is 0.600. The molecule has 2 nitrogen and oxygen atoms in total. The summed E-state index contributed by atoms with van der Waals surface area (Å²) in [6.45, 7) is 7.97. The highest BCUT2D eigenvalue weighted by atomic mass is 79.9. The van der Waals surface area contributed by atoms with Crippen LogP contribution in [0.1, 0.15) is 38.3 Å². The van der Waals surface area contributed by atoms with Crippen LogP contribution in [0.3, 0.4) is 0 Å². The molecule has 0 amide bonds. The highest BCUT2D eigenvalue weighted by Crippen LogP contribution is 2.25. The molecule has 1 rings (SSSR count). The number of benzene rings is 1. The van der Waals surface area contributed by atoms with Gasteiger partial charge in [0.1, 0.15) is 0 Å². The molecule has 0 spiro atoms. The predicted octanol–water partition coefficient (Wildman–Crippen LogP) is 3.83. The maximum Gasteiger partial charge on any atom is 0.0340 e. The van der Waals surface area contributed by atoms with E-state index in [1.54, 1.807) is 0 Å². The van der Waals surface area contributed by atoms with E-state index in [9.17, 15) is 0 Å². The van der Waals surface area contributed by atoms with Crippen LogP contribution in [0.5, 0.6) is 0 Å². The zero-order chi connectivity index (χ0) is 13.4. The number of rotatable bonds is 8. The minimum Gasteiger partial charge on any atom is -0.313 e. The fourth-order valence-electron chi connectivity index (χ4n) is 2.27. The predicted molar refractivity (Wildman–Crippen MR) is 83.0 cm³/mol. The lowest BCUT2D eigenvalue weighted by Crippen LogP contribution is -2.29. The zero-order valence-electron chi connectivity index (χ0n) is 11.7. The van der Waals surface area contributed by atoms with Gasteiger partial charge in [-0.05, 0) is 51.2 Å². The highest BCUT2D eigenvalue weighted by molar-refractivity contribution is 9.10. The van der Waals surface area contributed by atoms with Gasteiger partial charge in [0.25, 0.3) is 0 Å². The summed E-state index contributed by atoms with van der Waals surface area (Å²) in [4.78, 5) is 2.52. The van der Waals surface area contributed by atoms with Gasteiger partial charge in [-0.3, -0.25) is 0 Å². The number of hydrogen-bond acceptors (Lipinski definition) is 2. The van der Waals surface area contributed by atoms with Crippen LogP contribution in [0, 0.1) is 0 Å². The molecule has 0 fully saturated rings. The van der Waals surface area contributed by atoms with Crippen molar-refractivity contribution < 1.29 is 0 Å². The molecule has 3 heteroatoms. The van der Waals surface area contributed by atoms with Gasteiger partial charge in [-0.2, -0.15) is 0 Å². The van der Waals surface area contributed by atoms with Gasteiger partial charge in [0.15, 0.2) is 0 Å². The van der Waals surface area contributed by atoms with Crippen molar-refractivity contribution in [3.05, 3.63) is 34.3 Å². The molecule has 18 heavy (non-hydrogen) atoms. The smallest absolute Gasteiger partial charge is 0.0340 e. The average Bonchev–Trinajstić information content (AvgIpc) is 2.40. The molecule has 1 atom stereocenters. The van der Waals surface area contributed by atoms with Crippen LogP contribution in [-0.4, -0.2) is 31.6 Å². The van der Waals surface area contributed by atoms with Crippen LogP contribution in [0.15, 0.2) is 28.7 Å². The first-order chi connectivity index (χ1) is 8.72. The molecule has 0 aliphatic heterocycles. The Morgan fingerprint density at radius 3 is 2.50 bits per heavy atom. The molecule has 1 unspecified atom stereocenters. The van der Waals surface area contributed by atoms with E-state index in [-0.39, 0.29) is 0 Å². The third-order valence-electron chi connectivity index (χ3n) is 3.35. The summed E-state index contributed by atoms with van der Waals surface area (Å²) < 4.78 is 1.20. The number of nitrogens with one attached hydrogen (secondary N) is 1. The first-order valence-electron chi connectivity index (χ1n) is 6.86. The lowest BCUT2D eigenvalue weighted by molar-refractivity contribution is 0.271. The Labute approximate surface area is 120 Å². The summed E-state index contributed by atoms with van der Waals surface area (Å²) in [6, 6.07) is 8.90. The van der Waals surface area contributed by atoms with Gasteiger partial charge in [-0.25, -0.2) is 0 Å². The van der Waals surface area contributed by atoms with Gasteiger partial charge in [-0.1, -0.05) is 48.0 Å². The largest absolute Gasteiger partial charge is 0.313 e. The van der Waals surface area contributed by atoms with E-state index in [0.29, 0.717) is 6.04 Å². The van der Waals surface area contributed by atoms with Gasteiger partial charge in [0, 0.05) is 10.5 Å². The Kier molecular flexibility index (Phi) is 7.56. The van der Waals surface area contributed by atoms with Gasteiger partial charge in [0.2, 0.25) is 0 Å². The Morgan fingerprint density at radius 1 is 1.22 bits per heavy atom. The lowest BCUT2D eigenvalue weighted by atomic mass is 10.0. The molecule has 1 aromatic rings. The third-order valence-corrected chi connectivity index (χ3v) is 4.07. The van der Waals surface area contributed by atoms with Crippen LogP contribution in [0.4, 0.5) is 0 Å². The minimum atomic E-state index is 0.423. The maximum atomic E-state index is 3.64. The van der Waals surface area contributed by atoms with Crippen molar-refractivity contribution in [1.82, 2.24) is 10.2 Å². The number of halogens is 1. The molecule has 0 aliphatic rings.